The van der Waals surface area contributed by atoms with Crippen LogP contribution in [-0.2, 0) is 16.1 Å². The molecule has 0 spiro atoms. The largest absolute Gasteiger partial charge is 0.452 e. The van der Waals surface area contributed by atoms with Crippen LogP contribution in [0.2, 0.25) is 0 Å². The standard InChI is InChI=1S/C8H8NO.C8H7O2.CH3/c1-9-8(10)7-5-3-2-4-6-7;9-7-10-6-8-4-2-1-3-5-8;/h2-6H,1H2,(H,9,10);1-5H,6H2;1H3. The Balaban J connectivity index is 0.000000364. The van der Waals surface area contributed by atoms with Crippen LogP contribution in [0.5, 0.6) is 0 Å². The minimum atomic E-state index is -0.152. The van der Waals surface area contributed by atoms with E-state index in [1.807, 2.05) is 48.5 Å². The first-order chi connectivity index (χ1) is 9.77. The fraction of sp³-hybridized carbons (Fsp3) is 0.0588. The van der Waals surface area contributed by atoms with Crippen molar-refractivity contribution in [2.24, 2.45) is 0 Å². The Bertz CT molecular complexity index is 512. The van der Waals surface area contributed by atoms with Crippen LogP contribution in [0.3, 0.4) is 0 Å². The molecule has 2 rings (SSSR count). The van der Waals surface area contributed by atoms with Gasteiger partial charge in [-0.25, -0.2) is 4.79 Å². The topological polar surface area (TPSA) is 55.4 Å². The monoisotopic (exact) mass is 284 g/mol. The summed E-state index contributed by atoms with van der Waals surface area (Å²) in [6, 6.07) is 18.4. The van der Waals surface area contributed by atoms with Gasteiger partial charge in [0, 0.05) is 12.6 Å². The van der Waals surface area contributed by atoms with Crippen molar-refractivity contribution in [2.45, 2.75) is 6.61 Å². The zero-order chi connectivity index (χ0) is 14.6. The van der Waals surface area contributed by atoms with Gasteiger partial charge in [0.25, 0.3) is 5.91 Å². The van der Waals surface area contributed by atoms with E-state index in [1.165, 1.54) is 6.47 Å². The number of benzene rings is 2. The number of hydrogen-bond donors (Lipinski definition) is 1. The van der Waals surface area contributed by atoms with E-state index >= 15 is 0 Å². The van der Waals surface area contributed by atoms with Crippen LogP contribution >= 0.6 is 0 Å². The molecule has 0 aliphatic carbocycles. The van der Waals surface area contributed by atoms with Gasteiger partial charge >= 0.3 is 6.47 Å². The van der Waals surface area contributed by atoms with Gasteiger partial charge in [-0.15, -0.1) is 0 Å². The van der Waals surface area contributed by atoms with Gasteiger partial charge in [0.05, 0.1) is 0 Å². The third kappa shape index (κ3) is 7.52. The summed E-state index contributed by atoms with van der Waals surface area (Å²) in [5.41, 5.74) is 1.61. The van der Waals surface area contributed by atoms with Gasteiger partial charge in [-0.1, -0.05) is 56.0 Å². The lowest BCUT2D eigenvalue weighted by atomic mass is 10.2. The molecule has 2 aromatic rings. The number of ether oxygens (including phenoxy) is 1. The van der Waals surface area contributed by atoms with Crippen LogP contribution in [-0.4, -0.2) is 12.4 Å². The molecule has 0 bridgehead atoms. The molecule has 2 aromatic carbocycles. The quantitative estimate of drug-likeness (QED) is 0.939. The molecule has 0 aromatic heterocycles. The Labute approximate surface area is 125 Å². The van der Waals surface area contributed by atoms with E-state index in [4.69, 9.17) is 0 Å². The molecular formula is C17H18NO3. The van der Waals surface area contributed by atoms with Crippen LogP contribution in [0.1, 0.15) is 15.9 Å². The van der Waals surface area contributed by atoms with Gasteiger partial charge in [0.15, 0.2) is 0 Å². The number of rotatable bonds is 4. The van der Waals surface area contributed by atoms with E-state index in [1.54, 1.807) is 12.1 Å². The summed E-state index contributed by atoms with van der Waals surface area (Å²) >= 11 is 0. The summed E-state index contributed by atoms with van der Waals surface area (Å²) in [7, 11) is 3.26. The second kappa shape index (κ2) is 11.2. The molecule has 0 atom stereocenters. The Morgan fingerprint density at radius 1 is 1.05 bits per heavy atom. The lowest BCUT2D eigenvalue weighted by Crippen LogP contribution is -2.14. The van der Waals surface area contributed by atoms with Crippen molar-refractivity contribution in [3.8, 4) is 0 Å². The van der Waals surface area contributed by atoms with Crippen LogP contribution in [0.25, 0.3) is 0 Å². The SMILES string of the molecule is O=[C]OCc1ccccc1.[CH2]NC(=O)c1ccccc1.[CH3]. The third-order valence-electron chi connectivity index (χ3n) is 2.34. The molecule has 0 unspecified atom stereocenters. The fourth-order valence-electron chi connectivity index (χ4n) is 1.38. The first-order valence-corrected chi connectivity index (χ1v) is 5.93. The minimum Gasteiger partial charge on any atom is -0.452 e. The molecule has 0 aliphatic heterocycles. The summed E-state index contributed by atoms with van der Waals surface area (Å²) in [5, 5.41) is 2.29. The van der Waals surface area contributed by atoms with E-state index < -0.39 is 0 Å². The van der Waals surface area contributed by atoms with Crippen LogP contribution in [0.15, 0.2) is 60.7 Å². The molecule has 1 amide bonds. The van der Waals surface area contributed by atoms with Crippen molar-refractivity contribution in [2.75, 3.05) is 0 Å². The first kappa shape index (κ1) is 18.4. The van der Waals surface area contributed by atoms with Crippen LogP contribution in [0, 0.1) is 14.5 Å². The highest BCUT2D eigenvalue weighted by Crippen LogP contribution is 1.98. The van der Waals surface area contributed by atoms with E-state index in [-0.39, 0.29) is 13.3 Å². The molecule has 4 heteroatoms. The Hall–Kier alpha value is -2.62. The highest BCUT2D eigenvalue weighted by molar-refractivity contribution is 5.94. The average Bonchev–Trinajstić information content (AvgIpc) is 2.54. The highest BCUT2D eigenvalue weighted by Gasteiger charge is 1.98. The molecular weight excluding hydrogens is 266 g/mol. The van der Waals surface area contributed by atoms with E-state index in [0.29, 0.717) is 12.2 Å². The Kier molecular flexibility index (Phi) is 9.83. The van der Waals surface area contributed by atoms with Crippen molar-refractivity contribution >= 4 is 12.4 Å². The van der Waals surface area contributed by atoms with E-state index in [9.17, 15) is 9.59 Å². The summed E-state index contributed by atoms with van der Waals surface area (Å²) < 4.78 is 4.41. The average molecular weight is 284 g/mol. The van der Waals surface area contributed by atoms with Gasteiger partial charge in [0.1, 0.15) is 6.61 Å². The lowest BCUT2D eigenvalue weighted by Gasteiger charge is -1.95. The maximum Gasteiger partial charge on any atom is 0.417 e. The third-order valence-corrected chi connectivity index (χ3v) is 2.34. The molecule has 0 aliphatic rings. The molecule has 0 saturated carbocycles. The van der Waals surface area contributed by atoms with E-state index in [0.717, 1.165) is 5.56 Å². The molecule has 0 fully saturated rings. The second-order valence-electron chi connectivity index (χ2n) is 3.73. The fourth-order valence-corrected chi connectivity index (χ4v) is 1.38. The number of nitrogens with one attached hydrogen (secondary N) is 1. The summed E-state index contributed by atoms with van der Waals surface area (Å²) in [6.45, 7) is 1.68. The molecule has 0 heterocycles. The minimum absolute atomic E-state index is 0. The van der Waals surface area contributed by atoms with Crippen molar-refractivity contribution in [1.29, 1.82) is 0 Å². The predicted molar refractivity (Wildman–Crippen MR) is 82.6 cm³/mol. The predicted octanol–water partition coefficient (Wildman–Crippen LogP) is 2.93. The molecule has 1 N–H and O–H groups in total. The maximum atomic E-state index is 10.8. The molecule has 3 radical (unpaired) electrons. The molecule has 4 nitrogen and oxygen atoms in total. The normalized spacial score (nSPS) is 8.43. The Morgan fingerprint density at radius 3 is 2.05 bits per heavy atom. The van der Waals surface area contributed by atoms with Crippen molar-refractivity contribution in [3.63, 3.8) is 0 Å². The summed E-state index contributed by atoms with van der Waals surface area (Å²) in [6.07, 6.45) is 0. The maximum absolute atomic E-state index is 10.8. The van der Waals surface area contributed by atoms with Crippen molar-refractivity contribution in [3.05, 3.63) is 86.3 Å². The van der Waals surface area contributed by atoms with Gasteiger partial charge < -0.3 is 10.1 Å². The van der Waals surface area contributed by atoms with Crippen LogP contribution < -0.4 is 5.32 Å². The lowest BCUT2D eigenvalue weighted by molar-refractivity contribution is 0.0969. The summed E-state index contributed by atoms with van der Waals surface area (Å²) in [5.74, 6) is -0.152. The zero-order valence-corrected chi connectivity index (χ0v) is 11.9. The van der Waals surface area contributed by atoms with Gasteiger partial charge in [-0.2, -0.15) is 0 Å². The van der Waals surface area contributed by atoms with Crippen molar-refractivity contribution in [1.82, 2.24) is 5.32 Å². The number of carbonyl (C=O) groups is 1. The van der Waals surface area contributed by atoms with Gasteiger partial charge in [-0.3, -0.25) is 4.79 Å². The zero-order valence-electron chi connectivity index (χ0n) is 11.9. The van der Waals surface area contributed by atoms with Gasteiger partial charge in [0.2, 0.25) is 0 Å². The first-order valence-electron chi connectivity index (χ1n) is 5.93. The molecule has 21 heavy (non-hydrogen) atoms. The smallest absolute Gasteiger partial charge is 0.417 e. The van der Waals surface area contributed by atoms with Gasteiger partial charge in [-0.05, 0) is 17.7 Å². The number of carbonyl (C=O) groups excluding carboxylic acids is 2. The highest BCUT2D eigenvalue weighted by atomic mass is 16.5. The number of amides is 1. The van der Waals surface area contributed by atoms with Crippen molar-refractivity contribution < 1.29 is 14.3 Å². The number of hydrogen-bond acceptors (Lipinski definition) is 3. The Morgan fingerprint density at radius 2 is 1.57 bits per heavy atom. The summed E-state index contributed by atoms with van der Waals surface area (Å²) in [4.78, 5) is 20.5. The van der Waals surface area contributed by atoms with Crippen LogP contribution in [0.4, 0.5) is 0 Å². The second-order valence-corrected chi connectivity index (χ2v) is 3.73. The van der Waals surface area contributed by atoms with E-state index in [2.05, 4.69) is 17.1 Å². The molecule has 109 valence electrons. The molecule has 0 saturated heterocycles.